The van der Waals surface area contributed by atoms with Crippen molar-refractivity contribution in [1.82, 2.24) is 9.13 Å². The van der Waals surface area contributed by atoms with Gasteiger partial charge < -0.3 is 9.13 Å². The van der Waals surface area contributed by atoms with Crippen LogP contribution in [0.4, 0.5) is 0 Å². The molecule has 274 valence electrons. The van der Waals surface area contributed by atoms with Crippen LogP contribution in [-0.4, -0.2) is 17.2 Å². The number of hydrogen-bond donors (Lipinski definition) is 0. The molecule has 1 aliphatic rings. The standard InChI is InChI=1S/C54H44N2Si/c1-5-19-39(20-6-1)46-31-18-32-50-48-30-14-16-34-52(48)56(54(46)50)41-35-36-49-47-29-13-15-33-51(47)55(53(49)38-41)40-21-17-28-45(37-40)57(42-22-7-2-8-23-42,43-24-9-3-10-25-43)44-26-11-4-12-27-44/h2-4,7-18,21-39H,1,5-6,19-20H2. The minimum absolute atomic E-state index is 0.590. The lowest BCUT2D eigenvalue weighted by atomic mass is 9.83. The summed E-state index contributed by atoms with van der Waals surface area (Å²) in [7, 11) is -2.73. The Morgan fingerprint density at radius 2 is 0.842 bits per heavy atom. The molecule has 3 heteroatoms. The van der Waals surface area contributed by atoms with E-state index in [1.165, 1.54) is 113 Å². The fourth-order valence-corrected chi connectivity index (χ4v) is 15.2. The molecule has 2 nitrogen and oxygen atoms in total. The van der Waals surface area contributed by atoms with Crippen molar-refractivity contribution < 1.29 is 0 Å². The number of fused-ring (bicyclic) bond motifs is 6. The molecule has 0 N–H and O–H groups in total. The Bertz CT molecular complexity index is 2950. The normalized spacial score (nSPS) is 13.9. The summed E-state index contributed by atoms with van der Waals surface area (Å²) in [5, 5.41) is 10.7. The van der Waals surface area contributed by atoms with Gasteiger partial charge in [-0.1, -0.05) is 183 Å². The first kappa shape index (κ1) is 33.9. The topological polar surface area (TPSA) is 9.86 Å². The van der Waals surface area contributed by atoms with Crippen molar-refractivity contribution >= 4 is 72.4 Å². The van der Waals surface area contributed by atoms with Gasteiger partial charge in [0.1, 0.15) is 0 Å². The fraction of sp³-hybridized carbons (Fsp3) is 0.111. The predicted octanol–water partition coefficient (Wildman–Crippen LogP) is 11.3. The first-order valence-corrected chi connectivity index (χ1v) is 22.6. The Kier molecular flexibility index (Phi) is 8.29. The average Bonchev–Trinajstić information content (AvgIpc) is 3.81. The van der Waals surface area contributed by atoms with Gasteiger partial charge in [-0.2, -0.15) is 0 Å². The van der Waals surface area contributed by atoms with E-state index in [2.05, 4.69) is 209 Å². The number of nitrogens with zero attached hydrogens (tertiary/aromatic N) is 2. The maximum atomic E-state index is 2.57. The van der Waals surface area contributed by atoms with Crippen LogP contribution in [0.15, 0.2) is 200 Å². The van der Waals surface area contributed by atoms with Gasteiger partial charge in [0.15, 0.2) is 8.07 Å². The van der Waals surface area contributed by atoms with E-state index < -0.39 is 8.07 Å². The molecule has 0 unspecified atom stereocenters. The molecule has 0 radical (unpaired) electrons. The van der Waals surface area contributed by atoms with Crippen molar-refractivity contribution in [3.63, 3.8) is 0 Å². The summed E-state index contributed by atoms with van der Waals surface area (Å²) in [4.78, 5) is 0. The lowest BCUT2D eigenvalue weighted by molar-refractivity contribution is 0.445. The second-order valence-electron chi connectivity index (χ2n) is 15.9. The third-order valence-corrected chi connectivity index (χ3v) is 17.6. The van der Waals surface area contributed by atoms with E-state index in [1.54, 1.807) is 0 Å². The highest BCUT2D eigenvalue weighted by molar-refractivity contribution is 7.19. The lowest BCUT2D eigenvalue weighted by Crippen LogP contribution is -2.74. The molecule has 0 bridgehead atoms. The minimum atomic E-state index is -2.73. The van der Waals surface area contributed by atoms with E-state index in [0.29, 0.717) is 5.92 Å². The number of aromatic nitrogens is 2. The van der Waals surface area contributed by atoms with E-state index in [4.69, 9.17) is 0 Å². The Morgan fingerprint density at radius 3 is 1.49 bits per heavy atom. The highest BCUT2D eigenvalue weighted by atomic mass is 28.3. The van der Waals surface area contributed by atoms with Crippen LogP contribution < -0.4 is 20.7 Å². The van der Waals surface area contributed by atoms with E-state index in [0.717, 1.165) is 0 Å². The van der Waals surface area contributed by atoms with Gasteiger partial charge in [-0.3, -0.25) is 0 Å². The summed E-state index contributed by atoms with van der Waals surface area (Å²) < 4.78 is 5.10. The van der Waals surface area contributed by atoms with Crippen molar-refractivity contribution in [2.24, 2.45) is 0 Å². The Hall–Kier alpha value is -6.42. The molecule has 0 saturated heterocycles. The molecule has 0 spiro atoms. The van der Waals surface area contributed by atoms with Gasteiger partial charge in [-0.05, 0) is 81.5 Å². The van der Waals surface area contributed by atoms with Crippen LogP contribution in [0.1, 0.15) is 43.6 Å². The molecule has 8 aromatic carbocycles. The quantitative estimate of drug-likeness (QED) is 0.113. The van der Waals surface area contributed by atoms with Gasteiger partial charge in [-0.15, -0.1) is 0 Å². The van der Waals surface area contributed by atoms with Crippen molar-refractivity contribution in [3.05, 3.63) is 206 Å². The number of rotatable bonds is 7. The van der Waals surface area contributed by atoms with Crippen LogP contribution >= 0.6 is 0 Å². The van der Waals surface area contributed by atoms with Crippen LogP contribution in [0.5, 0.6) is 0 Å². The van der Waals surface area contributed by atoms with E-state index >= 15 is 0 Å². The summed E-state index contributed by atoms with van der Waals surface area (Å²) >= 11 is 0. The summed E-state index contributed by atoms with van der Waals surface area (Å²) in [5.41, 5.74) is 8.97. The molecule has 2 heterocycles. The molecular weight excluding hydrogens is 705 g/mol. The third-order valence-electron chi connectivity index (χ3n) is 12.8. The second-order valence-corrected chi connectivity index (χ2v) is 19.7. The molecule has 0 atom stereocenters. The smallest absolute Gasteiger partial charge is 0.179 e. The summed E-state index contributed by atoms with van der Waals surface area (Å²) in [5.74, 6) is 0.590. The lowest BCUT2D eigenvalue weighted by Gasteiger charge is -2.34. The summed E-state index contributed by atoms with van der Waals surface area (Å²) in [6.07, 6.45) is 6.52. The number of benzene rings is 8. The van der Waals surface area contributed by atoms with Gasteiger partial charge in [0.25, 0.3) is 0 Å². The van der Waals surface area contributed by atoms with Gasteiger partial charge in [0.2, 0.25) is 0 Å². The number of hydrogen-bond acceptors (Lipinski definition) is 0. The van der Waals surface area contributed by atoms with Gasteiger partial charge >= 0.3 is 0 Å². The van der Waals surface area contributed by atoms with Crippen molar-refractivity contribution in [3.8, 4) is 11.4 Å². The predicted molar refractivity (Wildman–Crippen MR) is 245 cm³/mol. The van der Waals surface area contributed by atoms with Gasteiger partial charge in [-0.25, -0.2) is 0 Å². The Labute approximate surface area is 335 Å². The maximum Gasteiger partial charge on any atom is 0.179 e. The maximum absolute atomic E-state index is 2.73. The van der Waals surface area contributed by atoms with Crippen LogP contribution in [0.25, 0.3) is 55.0 Å². The zero-order valence-corrected chi connectivity index (χ0v) is 33.1. The van der Waals surface area contributed by atoms with Crippen molar-refractivity contribution in [2.45, 2.75) is 38.0 Å². The van der Waals surface area contributed by atoms with Gasteiger partial charge in [0.05, 0.1) is 22.1 Å². The molecule has 57 heavy (non-hydrogen) atoms. The SMILES string of the molecule is c1ccc([Si](c2ccccc2)(c2ccccc2)c2cccc(-n3c4ccccc4c4ccc(-n5c6ccccc6c6cccc(C7CCCCC7)c65)cc43)c2)cc1. The zero-order valence-electron chi connectivity index (χ0n) is 32.1. The largest absolute Gasteiger partial charge is 0.309 e. The zero-order chi connectivity index (χ0) is 37.8. The molecule has 11 rings (SSSR count). The average molecular weight is 749 g/mol. The van der Waals surface area contributed by atoms with Crippen LogP contribution in [0, 0.1) is 0 Å². The Balaban J connectivity index is 1.18. The summed E-state index contributed by atoms with van der Waals surface area (Å²) in [6.45, 7) is 0. The first-order chi connectivity index (χ1) is 28.3. The molecule has 10 aromatic rings. The second kappa shape index (κ2) is 13.9. The van der Waals surface area contributed by atoms with Crippen LogP contribution in [-0.2, 0) is 0 Å². The fourth-order valence-electron chi connectivity index (χ4n) is 10.4. The summed E-state index contributed by atoms with van der Waals surface area (Å²) in [6, 6.07) is 75.4. The minimum Gasteiger partial charge on any atom is -0.309 e. The van der Waals surface area contributed by atoms with Crippen LogP contribution in [0.3, 0.4) is 0 Å². The molecular formula is C54H44N2Si. The Morgan fingerprint density at radius 1 is 0.351 bits per heavy atom. The highest BCUT2D eigenvalue weighted by Crippen LogP contribution is 2.42. The van der Waals surface area contributed by atoms with Gasteiger partial charge in [0, 0.05) is 32.9 Å². The monoisotopic (exact) mass is 748 g/mol. The molecule has 0 aliphatic heterocycles. The van der Waals surface area contributed by atoms with E-state index in [1.807, 2.05) is 0 Å². The van der Waals surface area contributed by atoms with Crippen molar-refractivity contribution in [1.29, 1.82) is 0 Å². The molecule has 1 aliphatic carbocycles. The highest BCUT2D eigenvalue weighted by Gasteiger charge is 2.41. The molecule has 0 amide bonds. The van der Waals surface area contributed by atoms with E-state index in [9.17, 15) is 0 Å². The van der Waals surface area contributed by atoms with Crippen molar-refractivity contribution in [2.75, 3.05) is 0 Å². The third kappa shape index (κ3) is 5.37. The molecule has 1 saturated carbocycles. The van der Waals surface area contributed by atoms with E-state index in [-0.39, 0.29) is 0 Å². The number of para-hydroxylation sites is 3. The first-order valence-electron chi connectivity index (χ1n) is 20.6. The van der Waals surface area contributed by atoms with Crippen LogP contribution in [0.2, 0.25) is 0 Å². The molecule has 2 aromatic heterocycles. The molecule has 1 fully saturated rings.